The van der Waals surface area contributed by atoms with Crippen molar-refractivity contribution in [2.45, 2.75) is 32.0 Å². The van der Waals surface area contributed by atoms with Crippen molar-refractivity contribution in [3.05, 3.63) is 65.7 Å². The maximum Gasteiger partial charge on any atom is 0.115 e. The zero-order valence-electron chi connectivity index (χ0n) is 13.5. The molecule has 23 heavy (non-hydrogen) atoms. The maximum atomic E-state index is 9.31. The van der Waals surface area contributed by atoms with Crippen LogP contribution in [0.5, 0.6) is 5.75 Å². The molecular formula is C20H25NO2. The van der Waals surface area contributed by atoms with Crippen LogP contribution < -0.4 is 0 Å². The molecule has 3 rings (SSSR count). The highest BCUT2D eigenvalue weighted by molar-refractivity contribution is 5.26. The normalized spacial score (nSPS) is 16.5. The van der Waals surface area contributed by atoms with Crippen LogP contribution in [0.2, 0.25) is 0 Å². The number of likely N-dealkylation sites (tertiary alicyclic amines) is 1. The SMILES string of the molecule is Oc1ccc(CCN2CCC(OCc3ccccc3)CC2)cc1. The lowest BCUT2D eigenvalue weighted by molar-refractivity contribution is -0.00218. The summed E-state index contributed by atoms with van der Waals surface area (Å²) in [5, 5.41) is 9.31. The fourth-order valence-corrected chi connectivity index (χ4v) is 3.04. The number of benzene rings is 2. The van der Waals surface area contributed by atoms with E-state index in [2.05, 4.69) is 29.2 Å². The van der Waals surface area contributed by atoms with Crippen LogP contribution in [0.3, 0.4) is 0 Å². The molecule has 0 bridgehead atoms. The van der Waals surface area contributed by atoms with Gasteiger partial charge >= 0.3 is 0 Å². The molecule has 0 aliphatic carbocycles. The molecule has 1 aliphatic rings. The number of hydrogen-bond donors (Lipinski definition) is 1. The molecule has 0 spiro atoms. The van der Waals surface area contributed by atoms with Crippen molar-refractivity contribution in [3.63, 3.8) is 0 Å². The molecule has 0 amide bonds. The van der Waals surface area contributed by atoms with Gasteiger partial charge in [-0.2, -0.15) is 0 Å². The minimum Gasteiger partial charge on any atom is -0.508 e. The number of ether oxygens (including phenoxy) is 1. The summed E-state index contributed by atoms with van der Waals surface area (Å²) in [5.41, 5.74) is 2.53. The first-order valence-electron chi connectivity index (χ1n) is 8.45. The Morgan fingerprint density at radius 2 is 1.61 bits per heavy atom. The van der Waals surface area contributed by atoms with E-state index in [9.17, 15) is 5.11 Å². The molecule has 0 unspecified atom stereocenters. The van der Waals surface area contributed by atoms with E-state index in [-0.39, 0.29) is 0 Å². The van der Waals surface area contributed by atoms with Crippen LogP contribution in [0.25, 0.3) is 0 Å². The molecule has 1 saturated heterocycles. The minimum absolute atomic E-state index is 0.338. The van der Waals surface area contributed by atoms with Crippen molar-refractivity contribution in [1.82, 2.24) is 4.90 Å². The summed E-state index contributed by atoms with van der Waals surface area (Å²) in [6, 6.07) is 17.9. The lowest BCUT2D eigenvalue weighted by Crippen LogP contribution is -2.38. The fraction of sp³-hybridized carbons (Fsp3) is 0.400. The molecule has 2 aromatic carbocycles. The fourth-order valence-electron chi connectivity index (χ4n) is 3.04. The summed E-state index contributed by atoms with van der Waals surface area (Å²) >= 11 is 0. The van der Waals surface area contributed by atoms with Crippen LogP contribution in [0.1, 0.15) is 24.0 Å². The number of piperidine rings is 1. The first kappa shape index (κ1) is 16.0. The molecule has 1 fully saturated rings. The van der Waals surface area contributed by atoms with E-state index >= 15 is 0 Å². The summed E-state index contributed by atoms with van der Waals surface area (Å²) in [6.45, 7) is 4.02. The van der Waals surface area contributed by atoms with Gasteiger partial charge in [0.05, 0.1) is 12.7 Å². The van der Waals surface area contributed by atoms with Crippen LogP contribution in [0, 0.1) is 0 Å². The number of nitrogens with zero attached hydrogens (tertiary/aromatic N) is 1. The second-order valence-corrected chi connectivity index (χ2v) is 6.25. The van der Waals surface area contributed by atoms with Crippen LogP contribution in [0.15, 0.2) is 54.6 Å². The second kappa shape index (κ2) is 8.14. The molecule has 1 N–H and O–H groups in total. The van der Waals surface area contributed by atoms with E-state index in [0.717, 1.165) is 45.5 Å². The zero-order chi connectivity index (χ0) is 15.9. The Hall–Kier alpha value is -1.84. The summed E-state index contributed by atoms with van der Waals surface area (Å²) in [7, 11) is 0. The lowest BCUT2D eigenvalue weighted by Gasteiger charge is -2.32. The van der Waals surface area contributed by atoms with Crippen molar-refractivity contribution < 1.29 is 9.84 Å². The highest BCUT2D eigenvalue weighted by atomic mass is 16.5. The van der Waals surface area contributed by atoms with Gasteiger partial charge in [0.25, 0.3) is 0 Å². The van der Waals surface area contributed by atoms with Gasteiger partial charge in [0.1, 0.15) is 5.75 Å². The van der Waals surface area contributed by atoms with E-state index in [1.165, 1.54) is 11.1 Å². The average molecular weight is 311 g/mol. The van der Waals surface area contributed by atoms with Gasteiger partial charge in [0.2, 0.25) is 0 Å². The van der Waals surface area contributed by atoms with Crippen molar-refractivity contribution in [2.75, 3.05) is 19.6 Å². The summed E-state index contributed by atoms with van der Waals surface area (Å²) in [5.74, 6) is 0.338. The quantitative estimate of drug-likeness (QED) is 0.884. The van der Waals surface area contributed by atoms with Gasteiger partial charge in [0, 0.05) is 19.6 Å². The second-order valence-electron chi connectivity index (χ2n) is 6.25. The van der Waals surface area contributed by atoms with Gasteiger partial charge in [-0.25, -0.2) is 0 Å². The molecule has 0 atom stereocenters. The molecule has 1 heterocycles. The Morgan fingerprint density at radius 1 is 0.913 bits per heavy atom. The third-order valence-electron chi connectivity index (χ3n) is 4.52. The maximum absolute atomic E-state index is 9.31. The zero-order valence-corrected chi connectivity index (χ0v) is 13.5. The molecule has 2 aromatic rings. The van der Waals surface area contributed by atoms with Crippen molar-refractivity contribution >= 4 is 0 Å². The highest BCUT2D eigenvalue weighted by Gasteiger charge is 2.19. The van der Waals surface area contributed by atoms with Gasteiger partial charge in [-0.15, -0.1) is 0 Å². The van der Waals surface area contributed by atoms with E-state index in [1.54, 1.807) is 12.1 Å². The molecule has 0 saturated carbocycles. The monoisotopic (exact) mass is 311 g/mol. The molecule has 0 aromatic heterocycles. The molecule has 3 nitrogen and oxygen atoms in total. The Morgan fingerprint density at radius 3 is 2.30 bits per heavy atom. The minimum atomic E-state index is 0.338. The van der Waals surface area contributed by atoms with Crippen molar-refractivity contribution in [1.29, 1.82) is 0 Å². The Labute approximate surface area is 138 Å². The number of phenolic OH excluding ortho intramolecular Hbond substituents is 1. The largest absolute Gasteiger partial charge is 0.508 e. The standard InChI is InChI=1S/C20H25NO2/c22-19-8-6-17(7-9-19)10-13-21-14-11-20(12-15-21)23-16-18-4-2-1-3-5-18/h1-9,20,22H,10-16H2. The van der Waals surface area contributed by atoms with Gasteiger partial charge in [0.15, 0.2) is 0 Å². The summed E-state index contributed by atoms with van der Waals surface area (Å²) < 4.78 is 6.04. The smallest absolute Gasteiger partial charge is 0.115 e. The molecule has 122 valence electrons. The summed E-state index contributed by atoms with van der Waals surface area (Å²) in [4.78, 5) is 2.51. The number of phenols is 1. The first-order chi connectivity index (χ1) is 11.3. The predicted molar refractivity (Wildman–Crippen MR) is 92.5 cm³/mol. The lowest BCUT2D eigenvalue weighted by atomic mass is 10.1. The van der Waals surface area contributed by atoms with Crippen LogP contribution in [-0.2, 0) is 17.8 Å². The van der Waals surface area contributed by atoms with Gasteiger partial charge in [-0.3, -0.25) is 0 Å². The Bertz CT molecular complexity index is 574. The predicted octanol–water partition coefficient (Wildman–Crippen LogP) is 3.62. The molecule has 0 radical (unpaired) electrons. The summed E-state index contributed by atoms with van der Waals surface area (Å²) in [6.07, 6.45) is 3.65. The average Bonchev–Trinajstić information content (AvgIpc) is 2.61. The number of rotatable bonds is 6. The molecular weight excluding hydrogens is 286 g/mol. The Kier molecular flexibility index (Phi) is 5.67. The topological polar surface area (TPSA) is 32.7 Å². The van der Waals surface area contributed by atoms with Crippen molar-refractivity contribution in [2.24, 2.45) is 0 Å². The molecule has 1 aliphatic heterocycles. The van der Waals surface area contributed by atoms with Crippen LogP contribution in [-0.4, -0.2) is 35.7 Å². The van der Waals surface area contributed by atoms with E-state index in [4.69, 9.17) is 4.74 Å². The third-order valence-corrected chi connectivity index (χ3v) is 4.52. The first-order valence-corrected chi connectivity index (χ1v) is 8.45. The van der Waals surface area contributed by atoms with Crippen molar-refractivity contribution in [3.8, 4) is 5.75 Å². The van der Waals surface area contributed by atoms with Crippen LogP contribution in [0.4, 0.5) is 0 Å². The van der Waals surface area contributed by atoms with E-state index in [1.807, 2.05) is 18.2 Å². The number of hydrogen-bond acceptors (Lipinski definition) is 3. The van der Waals surface area contributed by atoms with Crippen LogP contribution >= 0.6 is 0 Å². The highest BCUT2D eigenvalue weighted by Crippen LogP contribution is 2.17. The van der Waals surface area contributed by atoms with Gasteiger partial charge in [-0.1, -0.05) is 42.5 Å². The Balaban J connectivity index is 1.36. The van der Waals surface area contributed by atoms with E-state index in [0.29, 0.717) is 11.9 Å². The van der Waals surface area contributed by atoms with E-state index < -0.39 is 0 Å². The van der Waals surface area contributed by atoms with Gasteiger partial charge < -0.3 is 14.7 Å². The third kappa shape index (κ3) is 5.08. The number of aromatic hydroxyl groups is 1. The van der Waals surface area contributed by atoms with Gasteiger partial charge in [-0.05, 0) is 42.5 Å². The molecule has 3 heteroatoms.